The highest BCUT2D eigenvalue weighted by molar-refractivity contribution is 7.98. The lowest BCUT2D eigenvalue weighted by molar-refractivity contribution is -0.116. The molecule has 4 heteroatoms. The molecular weight excluding hydrogens is 309 g/mol. The summed E-state index contributed by atoms with van der Waals surface area (Å²) in [6, 6.07) is 12.6. The number of hydrogen-bond donors (Lipinski definition) is 1. The normalized spacial score (nSPS) is 10.6. The number of hydrogen-bond acceptors (Lipinski definition) is 2. The number of aryl methyl sites for hydroxylation is 2. The molecule has 0 aliphatic rings. The molecule has 0 heterocycles. The molecule has 1 N–H and O–H groups in total. The first kappa shape index (κ1) is 17.5. The predicted molar refractivity (Wildman–Crippen MR) is 96.3 cm³/mol. The molecule has 0 saturated carbocycles. The third kappa shape index (κ3) is 5.71. The molecule has 0 radical (unpaired) electrons. The first-order chi connectivity index (χ1) is 11.1. The number of rotatable bonds is 7. The predicted octanol–water partition coefficient (Wildman–Crippen LogP) is 5.09. The number of benzene rings is 2. The fourth-order valence-electron chi connectivity index (χ4n) is 2.37. The second kappa shape index (κ2) is 8.73. The molecule has 0 atom stereocenters. The van der Waals surface area contributed by atoms with Gasteiger partial charge in [-0.1, -0.05) is 30.3 Å². The lowest BCUT2D eigenvalue weighted by atomic mass is 10.1. The average Bonchev–Trinajstić information content (AvgIpc) is 2.51. The highest BCUT2D eigenvalue weighted by Crippen LogP contribution is 2.20. The number of para-hydroxylation sites is 1. The Bertz CT molecular complexity index is 652. The second-order valence-electron chi connectivity index (χ2n) is 5.60. The van der Waals surface area contributed by atoms with E-state index in [-0.39, 0.29) is 11.7 Å². The Morgan fingerprint density at radius 2 is 1.83 bits per heavy atom. The fraction of sp³-hybridized carbons (Fsp3) is 0.316. The number of anilines is 1. The van der Waals surface area contributed by atoms with E-state index in [9.17, 15) is 9.18 Å². The summed E-state index contributed by atoms with van der Waals surface area (Å²) in [5.74, 6) is 1.51. The minimum atomic E-state index is -0.198. The van der Waals surface area contributed by atoms with Gasteiger partial charge in [0.15, 0.2) is 0 Å². The maximum absolute atomic E-state index is 13.1. The molecule has 0 aliphatic heterocycles. The van der Waals surface area contributed by atoms with Crippen molar-refractivity contribution in [2.45, 2.75) is 32.4 Å². The molecule has 2 rings (SSSR count). The summed E-state index contributed by atoms with van der Waals surface area (Å²) < 4.78 is 13.1. The molecule has 1 amide bonds. The molecule has 0 fully saturated rings. The first-order valence-electron chi connectivity index (χ1n) is 7.74. The van der Waals surface area contributed by atoms with E-state index < -0.39 is 0 Å². The quantitative estimate of drug-likeness (QED) is 0.716. The van der Waals surface area contributed by atoms with Crippen molar-refractivity contribution in [3.63, 3.8) is 0 Å². The monoisotopic (exact) mass is 331 g/mol. The Kier molecular flexibility index (Phi) is 6.66. The third-order valence-electron chi connectivity index (χ3n) is 3.60. The van der Waals surface area contributed by atoms with Crippen molar-refractivity contribution in [2.75, 3.05) is 11.1 Å². The zero-order valence-corrected chi connectivity index (χ0v) is 14.4. The van der Waals surface area contributed by atoms with Gasteiger partial charge in [-0.15, -0.1) is 0 Å². The van der Waals surface area contributed by atoms with Crippen molar-refractivity contribution in [3.05, 3.63) is 65.0 Å². The molecule has 2 aromatic carbocycles. The van der Waals surface area contributed by atoms with Crippen molar-refractivity contribution in [1.82, 2.24) is 0 Å². The fourth-order valence-corrected chi connectivity index (χ4v) is 3.27. The van der Waals surface area contributed by atoms with Crippen molar-refractivity contribution < 1.29 is 9.18 Å². The molecular formula is C19H22FNOS. The molecule has 2 nitrogen and oxygen atoms in total. The summed E-state index contributed by atoms with van der Waals surface area (Å²) in [6.45, 7) is 3.99. The minimum Gasteiger partial charge on any atom is -0.326 e. The van der Waals surface area contributed by atoms with E-state index in [2.05, 4.69) is 5.32 Å². The zero-order valence-electron chi connectivity index (χ0n) is 13.6. The summed E-state index contributed by atoms with van der Waals surface area (Å²) >= 11 is 1.72. The SMILES string of the molecule is Cc1cccc(C)c1NC(=O)CCCSCc1cccc(F)c1. The zero-order chi connectivity index (χ0) is 16.7. The minimum absolute atomic E-state index is 0.0498. The Balaban J connectivity index is 1.69. The van der Waals surface area contributed by atoms with Crippen molar-refractivity contribution in [3.8, 4) is 0 Å². The summed E-state index contributed by atoms with van der Waals surface area (Å²) in [4.78, 5) is 12.0. The molecule has 0 unspecified atom stereocenters. The number of carbonyl (C=O) groups is 1. The van der Waals surface area contributed by atoms with E-state index in [1.54, 1.807) is 23.9 Å². The molecule has 2 aromatic rings. The number of halogens is 1. The molecule has 0 spiro atoms. The van der Waals surface area contributed by atoms with Crippen molar-refractivity contribution in [2.24, 2.45) is 0 Å². The van der Waals surface area contributed by atoms with Crippen LogP contribution >= 0.6 is 11.8 Å². The number of nitrogens with one attached hydrogen (secondary N) is 1. The lowest BCUT2D eigenvalue weighted by Crippen LogP contribution is -2.13. The van der Waals surface area contributed by atoms with Gasteiger partial charge in [-0.05, 0) is 54.8 Å². The first-order valence-corrected chi connectivity index (χ1v) is 8.90. The largest absolute Gasteiger partial charge is 0.326 e. The van der Waals surface area contributed by atoms with Crippen LogP contribution in [0.3, 0.4) is 0 Å². The van der Waals surface area contributed by atoms with E-state index in [1.165, 1.54) is 6.07 Å². The van der Waals surface area contributed by atoms with Gasteiger partial charge in [-0.3, -0.25) is 4.79 Å². The van der Waals surface area contributed by atoms with Gasteiger partial charge < -0.3 is 5.32 Å². The molecule has 0 bridgehead atoms. The number of carbonyl (C=O) groups excluding carboxylic acids is 1. The van der Waals surface area contributed by atoms with E-state index in [4.69, 9.17) is 0 Å². The molecule has 0 aromatic heterocycles. The molecule has 0 aliphatic carbocycles. The standard InChI is InChI=1S/C19H22FNOS/c1-14-6-3-7-15(2)19(14)21-18(22)10-5-11-23-13-16-8-4-9-17(20)12-16/h3-4,6-9,12H,5,10-11,13H2,1-2H3,(H,21,22). The summed E-state index contributed by atoms with van der Waals surface area (Å²) in [7, 11) is 0. The Morgan fingerprint density at radius 3 is 2.52 bits per heavy atom. The highest BCUT2D eigenvalue weighted by atomic mass is 32.2. The van der Waals surface area contributed by atoms with Crippen LogP contribution in [0.2, 0.25) is 0 Å². The Hall–Kier alpha value is -1.81. The average molecular weight is 331 g/mol. The number of amides is 1. The van der Waals surface area contributed by atoms with Crippen molar-refractivity contribution in [1.29, 1.82) is 0 Å². The summed E-state index contributed by atoms with van der Waals surface area (Å²) in [5.41, 5.74) is 4.07. The smallest absolute Gasteiger partial charge is 0.224 e. The van der Waals surface area contributed by atoms with Crippen LogP contribution in [0.4, 0.5) is 10.1 Å². The second-order valence-corrected chi connectivity index (χ2v) is 6.71. The van der Waals surface area contributed by atoms with Gasteiger partial charge in [-0.2, -0.15) is 11.8 Å². The van der Waals surface area contributed by atoms with Gasteiger partial charge >= 0.3 is 0 Å². The van der Waals surface area contributed by atoms with E-state index >= 15 is 0 Å². The molecule has 122 valence electrons. The molecule has 23 heavy (non-hydrogen) atoms. The van der Waals surface area contributed by atoms with E-state index in [1.807, 2.05) is 38.1 Å². The van der Waals surface area contributed by atoms with Crippen LogP contribution in [-0.2, 0) is 10.5 Å². The lowest BCUT2D eigenvalue weighted by Gasteiger charge is -2.11. The molecule has 0 saturated heterocycles. The van der Waals surface area contributed by atoms with Gasteiger partial charge in [0, 0.05) is 17.9 Å². The number of thioether (sulfide) groups is 1. The Labute approximate surface area is 141 Å². The van der Waals surface area contributed by atoms with Gasteiger partial charge in [0.05, 0.1) is 0 Å². The van der Waals surface area contributed by atoms with Crippen LogP contribution in [0.5, 0.6) is 0 Å². The van der Waals surface area contributed by atoms with Gasteiger partial charge in [0.1, 0.15) is 5.82 Å². The van der Waals surface area contributed by atoms with Crippen molar-refractivity contribution >= 4 is 23.4 Å². The Morgan fingerprint density at radius 1 is 1.13 bits per heavy atom. The topological polar surface area (TPSA) is 29.1 Å². The van der Waals surface area contributed by atoms with E-state index in [0.717, 1.165) is 40.3 Å². The maximum atomic E-state index is 13.1. The maximum Gasteiger partial charge on any atom is 0.224 e. The van der Waals surface area contributed by atoms with Crippen LogP contribution in [0, 0.1) is 19.7 Å². The van der Waals surface area contributed by atoms with Gasteiger partial charge in [0.2, 0.25) is 5.91 Å². The highest BCUT2D eigenvalue weighted by Gasteiger charge is 2.07. The van der Waals surface area contributed by atoms with E-state index in [0.29, 0.717) is 6.42 Å². The van der Waals surface area contributed by atoms with Crippen LogP contribution in [0.15, 0.2) is 42.5 Å². The van der Waals surface area contributed by atoms with Crippen LogP contribution in [0.25, 0.3) is 0 Å². The van der Waals surface area contributed by atoms with Gasteiger partial charge in [0.25, 0.3) is 0 Å². The van der Waals surface area contributed by atoms with Crippen LogP contribution < -0.4 is 5.32 Å². The third-order valence-corrected chi connectivity index (χ3v) is 4.71. The van der Waals surface area contributed by atoms with Crippen LogP contribution in [0.1, 0.15) is 29.5 Å². The van der Waals surface area contributed by atoms with Crippen LogP contribution in [-0.4, -0.2) is 11.7 Å². The summed E-state index contributed by atoms with van der Waals surface area (Å²) in [6.07, 6.45) is 1.32. The summed E-state index contributed by atoms with van der Waals surface area (Å²) in [5, 5.41) is 3.00. The van der Waals surface area contributed by atoms with Gasteiger partial charge in [-0.25, -0.2) is 4.39 Å².